The normalized spacial score (nSPS) is 10.7. The van der Waals surface area contributed by atoms with E-state index in [1.165, 1.54) is 18.3 Å². The number of benzene rings is 1. The first-order valence-electron chi connectivity index (χ1n) is 6.86. The highest BCUT2D eigenvalue weighted by Gasteiger charge is 2.10. The van der Waals surface area contributed by atoms with Gasteiger partial charge in [0.2, 0.25) is 5.91 Å². The highest BCUT2D eigenvalue weighted by Crippen LogP contribution is 2.14. The highest BCUT2D eigenvalue weighted by molar-refractivity contribution is 5.81. The number of carbonyl (C=O) groups is 1. The summed E-state index contributed by atoms with van der Waals surface area (Å²) in [6.07, 6.45) is 1.35. The molecule has 0 aliphatic carbocycles. The maximum absolute atomic E-state index is 11.7. The number of nitrogens with zero attached hydrogens (tertiary/aromatic N) is 2. The van der Waals surface area contributed by atoms with E-state index >= 15 is 0 Å². The van der Waals surface area contributed by atoms with Crippen LogP contribution in [0, 0.1) is 10.1 Å². The molecule has 0 saturated carbocycles. The smallest absolute Gasteiger partial charge is 0.433 e. The summed E-state index contributed by atoms with van der Waals surface area (Å²) in [5.74, 6) is 0.228. The van der Waals surface area contributed by atoms with Crippen LogP contribution in [-0.4, -0.2) is 23.7 Å². The Hall–Kier alpha value is -3.16. The van der Waals surface area contributed by atoms with E-state index in [9.17, 15) is 14.9 Å². The van der Waals surface area contributed by atoms with Gasteiger partial charge < -0.3 is 9.15 Å². The van der Waals surface area contributed by atoms with Crippen molar-refractivity contribution in [2.24, 2.45) is 5.10 Å². The van der Waals surface area contributed by atoms with E-state index in [4.69, 9.17) is 9.15 Å². The van der Waals surface area contributed by atoms with Crippen LogP contribution in [0.2, 0.25) is 0 Å². The first kappa shape index (κ1) is 16.2. The molecule has 0 fully saturated rings. The molecule has 8 nitrogen and oxygen atoms in total. The second-order valence-corrected chi connectivity index (χ2v) is 4.48. The molecule has 1 aromatic carbocycles. The van der Waals surface area contributed by atoms with Crippen molar-refractivity contribution in [3.63, 3.8) is 0 Å². The number of hydrazone groups is 1. The average Bonchev–Trinajstić information content (AvgIpc) is 2.99. The summed E-state index contributed by atoms with van der Waals surface area (Å²) >= 11 is 0. The molecule has 23 heavy (non-hydrogen) atoms. The Morgan fingerprint density at radius 2 is 2.09 bits per heavy atom. The van der Waals surface area contributed by atoms with Crippen LogP contribution in [0.4, 0.5) is 5.88 Å². The number of hydrogen-bond acceptors (Lipinski definition) is 6. The summed E-state index contributed by atoms with van der Waals surface area (Å²) in [5.41, 5.74) is 3.14. The predicted octanol–water partition coefficient (Wildman–Crippen LogP) is 2.28. The largest absolute Gasteiger partial charge is 0.494 e. The molecular formula is C15H15N3O5. The third kappa shape index (κ3) is 4.95. The van der Waals surface area contributed by atoms with E-state index < -0.39 is 4.92 Å². The zero-order valence-electron chi connectivity index (χ0n) is 12.4. The average molecular weight is 317 g/mol. The van der Waals surface area contributed by atoms with E-state index in [0.717, 1.165) is 11.3 Å². The fraction of sp³-hybridized carbons (Fsp3) is 0.200. The summed E-state index contributed by atoms with van der Waals surface area (Å²) < 4.78 is 10.2. The molecule has 120 valence electrons. The van der Waals surface area contributed by atoms with Crippen molar-refractivity contribution >= 4 is 18.0 Å². The van der Waals surface area contributed by atoms with E-state index in [1.54, 1.807) is 24.3 Å². The summed E-state index contributed by atoms with van der Waals surface area (Å²) in [6, 6.07) is 9.77. The number of amides is 1. The molecule has 1 N–H and O–H groups in total. The summed E-state index contributed by atoms with van der Waals surface area (Å²) in [5, 5.41) is 14.1. The fourth-order valence-electron chi connectivity index (χ4n) is 1.77. The van der Waals surface area contributed by atoms with Gasteiger partial charge in [0.25, 0.3) is 0 Å². The van der Waals surface area contributed by atoms with Gasteiger partial charge in [-0.3, -0.25) is 14.9 Å². The van der Waals surface area contributed by atoms with Crippen LogP contribution in [0.25, 0.3) is 0 Å². The van der Waals surface area contributed by atoms with E-state index in [2.05, 4.69) is 10.5 Å². The number of ether oxygens (including phenoxy) is 1. The summed E-state index contributed by atoms with van der Waals surface area (Å²) in [4.78, 5) is 21.5. The number of hydrogen-bond donors (Lipinski definition) is 1. The van der Waals surface area contributed by atoms with Crippen molar-refractivity contribution in [3.8, 4) is 5.75 Å². The summed E-state index contributed by atoms with van der Waals surface area (Å²) in [7, 11) is 0. The Labute approximate surface area is 131 Å². The van der Waals surface area contributed by atoms with Gasteiger partial charge in [0, 0.05) is 0 Å². The molecule has 0 aliphatic rings. The number of carbonyl (C=O) groups excluding carboxylic acids is 1. The lowest BCUT2D eigenvalue weighted by atomic mass is 10.1. The molecule has 1 heterocycles. The quantitative estimate of drug-likeness (QED) is 0.479. The molecule has 2 aromatic rings. The van der Waals surface area contributed by atoms with Crippen molar-refractivity contribution < 1.29 is 18.9 Å². The van der Waals surface area contributed by atoms with Crippen LogP contribution in [0.3, 0.4) is 0 Å². The summed E-state index contributed by atoms with van der Waals surface area (Å²) in [6.45, 7) is 2.48. The molecule has 0 aliphatic heterocycles. The van der Waals surface area contributed by atoms with Crippen molar-refractivity contribution in [3.05, 3.63) is 57.8 Å². The molecular weight excluding hydrogens is 302 g/mol. The maximum Gasteiger partial charge on any atom is 0.433 e. The Kier molecular flexibility index (Phi) is 5.45. The van der Waals surface area contributed by atoms with Crippen molar-refractivity contribution in [2.45, 2.75) is 13.3 Å². The molecule has 0 bridgehead atoms. The van der Waals surface area contributed by atoms with E-state index in [0.29, 0.717) is 6.61 Å². The van der Waals surface area contributed by atoms with Crippen LogP contribution in [0.5, 0.6) is 5.75 Å². The van der Waals surface area contributed by atoms with Crippen LogP contribution in [-0.2, 0) is 11.2 Å². The van der Waals surface area contributed by atoms with Gasteiger partial charge in [-0.1, -0.05) is 12.1 Å². The number of nitrogens with one attached hydrogen (secondary N) is 1. The Balaban J connectivity index is 1.84. The first-order valence-corrected chi connectivity index (χ1v) is 6.86. The third-order valence-electron chi connectivity index (χ3n) is 2.77. The molecule has 2 rings (SSSR count). The van der Waals surface area contributed by atoms with Gasteiger partial charge in [-0.2, -0.15) is 5.10 Å². The standard InChI is InChI=1S/C15H15N3O5/c1-2-22-12-5-3-11(4-6-12)9-14(19)17-16-10-13-7-8-15(23-13)18(20)21/h3-8,10H,2,9H2,1H3,(H,17,19)/b16-10-. The molecule has 0 unspecified atom stereocenters. The fourth-order valence-corrected chi connectivity index (χ4v) is 1.77. The second-order valence-electron chi connectivity index (χ2n) is 4.48. The number of furan rings is 1. The van der Waals surface area contributed by atoms with Gasteiger partial charge in [-0.05, 0) is 30.7 Å². The lowest BCUT2D eigenvalue weighted by Crippen LogP contribution is -2.19. The zero-order chi connectivity index (χ0) is 16.7. The lowest BCUT2D eigenvalue weighted by molar-refractivity contribution is -0.402. The van der Waals surface area contributed by atoms with Crippen LogP contribution >= 0.6 is 0 Å². The second kappa shape index (κ2) is 7.74. The van der Waals surface area contributed by atoms with Crippen LogP contribution in [0.1, 0.15) is 18.2 Å². The molecule has 0 spiro atoms. The molecule has 1 amide bonds. The molecule has 0 atom stereocenters. The van der Waals surface area contributed by atoms with Gasteiger partial charge >= 0.3 is 5.88 Å². The number of nitro groups is 1. The molecule has 1 aromatic heterocycles. The Morgan fingerprint density at radius 3 is 2.70 bits per heavy atom. The Morgan fingerprint density at radius 1 is 1.35 bits per heavy atom. The van der Waals surface area contributed by atoms with Gasteiger partial charge in [0.05, 0.1) is 25.3 Å². The minimum absolute atomic E-state index is 0.155. The predicted molar refractivity (Wildman–Crippen MR) is 82.4 cm³/mol. The molecule has 0 saturated heterocycles. The van der Waals surface area contributed by atoms with Crippen molar-refractivity contribution in [1.29, 1.82) is 0 Å². The highest BCUT2D eigenvalue weighted by atomic mass is 16.6. The minimum Gasteiger partial charge on any atom is -0.494 e. The van der Waals surface area contributed by atoms with Crippen LogP contribution in [0.15, 0.2) is 45.9 Å². The van der Waals surface area contributed by atoms with Crippen molar-refractivity contribution in [1.82, 2.24) is 5.43 Å². The molecule has 0 radical (unpaired) electrons. The Bertz CT molecular complexity index is 706. The molecule has 8 heteroatoms. The minimum atomic E-state index is -0.651. The maximum atomic E-state index is 11.7. The monoisotopic (exact) mass is 317 g/mol. The first-order chi connectivity index (χ1) is 11.1. The number of rotatable bonds is 7. The zero-order valence-corrected chi connectivity index (χ0v) is 12.4. The van der Waals surface area contributed by atoms with E-state index in [-0.39, 0.29) is 24.0 Å². The van der Waals surface area contributed by atoms with E-state index in [1.807, 2.05) is 6.92 Å². The van der Waals surface area contributed by atoms with Gasteiger partial charge in [0.15, 0.2) is 5.76 Å². The lowest BCUT2D eigenvalue weighted by Gasteiger charge is -2.04. The topological polar surface area (TPSA) is 107 Å². The van der Waals surface area contributed by atoms with Crippen molar-refractivity contribution in [2.75, 3.05) is 6.61 Å². The van der Waals surface area contributed by atoms with Gasteiger partial charge in [0.1, 0.15) is 10.7 Å². The van der Waals surface area contributed by atoms with Crippen LogP contribution < -0.4 is 10.2 Å². The SMILES string of the molecule is CCOc1ccc(CC(=O)N/N=C\c2ccc([N+](=O)[O-])o2)cc1. The van der Waals surface area contributed by atoms with Gasteiger partial charge in [-0.15, -0.1) is 0 Å². The van der Waals surface area contributed by atoms with Gasteiger partial charge in [-0.25, -0.2) is 5.43 Å². The third-order valence-corrected chi connectivity index (χ3v) is 2.77.